The average molecular weight is 168 g/mol. The normalized spacial score (nSPS) is 15.2. The lowest BCUT2D eigenvalue weighted by molar-refractivity contribution is -0.121. The van der Waals surface area contributed by atoms with E-state index in [4.69, 9.17) is 0 Å². The van der Waals surface area contributed by atoms with Crippen LogP contribution in [0, 0.1) is 11.8 Å². The van der Waals surface area contributed by atoms with Crippen LogP contribution in [-0.2, 0) is 4.79 Å². The van der Waals surface area contributed by atoms with Crippen molar-refractivity contribution in [1.82, 2.24) is 0 Å². The first-order valence-corrected chi connectivity index (χ1v) is 4.76. The van der Waals surface area contributed by atoms with E-state index in [9.17, 15) is 4.79 Å². The molecule has 0 fully saturated rings. The zero-order chi connectivity index (χ0) is 9.56. The van der Waals surface area contributed by atoms with Crippen molar-refractivity contribution in [2.24, 2.45) is 11.8 Å². The summed E-state index contributed by atoms with van der Waals surface area (Å²) in [6, 6.07) is 0. The molecule has 0 saturated heterocycles. The Morgan fingerprint density at radius 2 is 2.17 bits per heavy atom. The van der Waals surface area contributed by atoms with Crippen molar-refractivity contribution in [3.8, 4) is 0 Å². The van der Waals surface area contributed by atoms with Gasteiger partial charge in [0.2, 0.25) is 0 Å². The minimum absolute atomic E-state index is 0.147. The van der Waals surface area contributed by atoms with Crippen molar-refractivity contribution in [3.05, 3.63) is 12.7 Å². The SMILES string of the molecule is C=CC(CCCC)[C@@H](C)C(C)=O. The Bertz CT molecular complexity index is 149. The number of carbonyl (C=O) groups excluding carboxylic acids is 1. The van der Waals surface area contributed by atoms with Crippen LogP contribution in [0.25, 0.3) is 0 Å². The molecule has 0 radical (unpaired) electrons. The molecule has 1 nitrogen and oxygen atoms in total. The second kappa shape index (κ2) is 5.99. The monoisotopic (exact) mass is 168 g/mol. The summed E-state index contributed by atoms with van der Waals surface area (Å²) in [5.41, 5.74) is 0. The van der Waals surface area contributed by atoms with E-state index in [2.05, 4.69) is 13.5 Å². The highest BCUT2D eigenvalue weighted by Gasteiger charge is 2.16. The maximum atomic E-state index is 11.1. The van der Waals surface area contributed by atoms with Gasteiger partial charge in [-0.2, -0.15) is 0 Å². The maximum absolute atomic E-state index is 11.1. The number of carbonyl (C=O) groups is 1. The zero-order valence-electron chi connectivity index (χ0n) is 8.47. The van der Waals surface area contributed by atoms with E-state index in [1.807, 2.05) is 13.0 Å². The molecular weight excluding hydrogens is 148 g/mol. The van der Waals surface area contributed by atoms with Crippen LogP contribution in [0.3, 0.4) is 0 Å². The van der Waals surface area contributed by atoms with Gasteiger partial charge in [0, 0.05) is 5.92 Å². The Hall–Kier alpha value is -0.590. The number of ketones is 1. The molecule has 0 aromatic heterocycles. The van der Waals surface area contributed by atoms with E-state index in [1.54, 1.807) is 6.92 Å². The molecule has 0 spiro atoms. The summed E-state index contributed by atoms with van der Waals surface area (Å²) < 4.78 is 0. The van der Waals surface area contributed by atoms with Crippen molar-refractivity contribution in [1.29, 1.82) is 0 Å². The highest BCUT2D eigenvalue weighted by molar-refractivity contribution is 5.78. The second-order valence-electron chi connectivity index (χ2n) is 3.44. The fourth-order valence-electron chi connectivity index (χ4n) is 1.31. The molecule has 0 aliphatic heterocycles. The predicted octanol–water partition coefficient (Wildman–Crippen LogP) is 3.20. The van der Waals surface area contributed by atoms with Crippen molar-refractivity contribution < 1.29 is 4.79 Å². The molecule has 0 aliphatic carbocycles. The third-order valence-corrected chi connectivity index (χ3v) is 2.48. The molecule has 0 heterocycles. The number of rotatable bonds is 6. The van der Waals surface area contributed by atoms with Crippen molar-refractivity contribution in [2.75, 3.05) is 0 Å². The molecule has 0 amide bonds. The molecule has 0 N–H and O–H groups in total. The van der Waals surface area contributed by atoms with Crippen LogP contribution in [0.15, 0.2) is 12.7 Å². The summed E-state index contributed by atoms with van der Waals surface area (Å²) in [6.45, 7) is 9.58. The smallest absolute Gasteiger partial charge is 0.133 e. The van der Waals surface area contributed by atoms with Gasteiger partial charge >= 0.3 is 0 Å². The van der Waals surface area contributed by atoms with Gasteiger partial charge in [-0.25, -0.2) is 0 Å². The molecule has 0 saturated carbocycles. The van der Waals surface area contributed by atoms with E-state index < -0.39 is 0 Å². The third-order valence-electron chi connectivity index (χ3n) is 2.48. The Morgan fingerprint density at radius 1 is 1.58 bits per heavy atom. The van der Waals surface area contributed by atoms with Gasteiger partial charge in [-0.05, 0) is 19.3 Å². The van der Waals surface area contributed by atoms with Crippen LogP contribution in [0.2, 0.25) is 0 Å². The quantitative estimate of drug-likeness (QED) is 0.557. The summed E-state index contributed by atoms with van der Waals surface area (Å²) in [5, 5.41) is 0. The molecule has 12 heavy (non-hydrogen) atoms. The number of hydrogen-bond acceptors (Lipinski definition) is 1. The highest BCUT2D eigenvalue weighted by Crippen LogP contribution is 2.20. The van der Waals surface area contributed by atoms with E-state index in [0.29, 0.717) is 5.92 Å². The van der Waals surface area contributed by atoms with Gasteiger partial charge in [-0.3, -0.25) is 4.79 Å². The standard InChI is InChI=1S/C11H20O/c1-5-7-8-11(6-2)9(3)10(4)12/h6,9,11H,2,5,7-8H2,1,3-4H3/t9-,11?/m0/s1. The number of allylic oxidation sites excluding steroid dienone is 1. The van der Waals surface area contributed by atoms with E-state index in [-0.39, 0.29) is 11.7 Å². The first-order chi connectivity index (χ1) is 5.63. The third kappa shape index (κ3) is 3.70. The van der Waals surface area contributed by atoms with Crippen LogP contribution < -0.4 is 0 Å². The fraction of sp³-hybridized carbons (Fsp3) is 0.727. The summed E-state index contributed by atoms with van der Waals surface area (Å²) in [4.78, 5) is 11.1. The van der Waals surface area contributed by atoms with E-state index >= 15 is 0 Å². The number of unbranched alkanes of at least 4 members (excludes halogenated alkanes) is 1. The zero-order valence-corrected chi connectivity index (χ0v) is 8.47. The maximum Gasteiger partial charge on any atom is 0.133 e. The first kappa shape index (κ1) is 11.4. The van der Waals surface area contributed by atoms with E-state index in [1.165, 1.54) is 12.8 Å². The summed E-state index contributed by atoms with van der Waals surface area (Å²) >= 11 is 0. The molecule has 70 valence electrons. The fourth-order valence-corrected chi connectivity index (χ4v) is 1.31. The first-order valence-electron chi connectivity index (χ1n) is 4.76. The lowest BCUT2D eigenvalue weighted by Gasteiger charge is -2.17. The molecule has 0 aromatic carbocycles. The van der Waals surface area contributed by atoms with Gasteiger partial charge in [0.1, 0.15) is 5.78 Å². The van der Waals surface area contributed by atoms with Gasteiger partial charge < -0.3 is 0 Å². The van der Waals surface area contributed by atoms with Crippen LogP contribution in [0.4, 0.5) is 0 Å². The largest absolute Gasteiger partial charge is 0.300 e. The minimum atomic E-state index is 0.147. The Morgan fingerprint density at radius 3 is 2.50 bits per heavy atom. The van der Waals surface area contributed by atoms with Crippen molar-refractivity contribution >= 4 is 5.78 Å². The minimum Gasteiger partial charge on any atom is -0.300 e. The molecule has 0 bridgehead atoms. The van der Waals surface area contributed by atoms with Gasteiger partial charge in [-0.15, -0.1) is 6.58 Å². The predicted molar refractivity (Wildman–Crippen MR) is 53.1 cm³/mol. The lowest BCUT2D eigenvalue weighted by Crippen LogP contribution is -2.16. The summed E-state index contributed by atoms with van der Waals surface area (Å²) in [5.74, 6) is 0.799. The van der Waals surface area contributed by atoms with Crippen LogP contribution >= 0.6 is 0 Å². The second-order valence-corrected chi connectivity index (χ2v) is 3.44. The average Bonchev–Trinajstić information content (AvgIpc) is 2.05. The van der Waals surface area contributed by atoms with Gasteiger partial charge in [-0.1, -0.05) is 32.8 Å². The van der Waals surface area contributed by atoms with Gasteiger partial charge in [0.25, 0.3) is 0 Å². The Kier molecular flexibility index (Phi) is 5.69. The summed E-state index contributed by atoms with van der Waals surface area (Å²) in [6.07, 6.45) is 5.39. The molecule has 0 aromatic rings. The molecular formula is C11H20O. The molecule has 1 unspecified atom stereocenters. The van der Waals surface area contributed by atoms with Gasteiger partial charge in [0.15, 0.2) is 0 Å². The van der Waals surface area contributed by atoms with Crippen LogP contribution in [-0.4, -0.2) is 5.78 Å². The Balaban J connectivity index is 3.95. The van der Waals surface area contributed by atoms with Crippen molar-refractivity contribution in [2.45, 2.75) is 40.0 Å². The van der Waals surface area contributed by atoms with Crippen molar-refractivity contribution in [3.63, 3.8) is 0 Å². The van der Waals surface area contributed by atoms with Gasteiger partial charge in [0.05, 0.1) is 0 Å². The molecule has 1 heteroatoms. The molecule has 0 rings (SSSR count). The lowest BCUT2D eigenvalue weighted by atomic mass is 9.87. The highest BCUT2D eigenvalue weighted by atomic mass is 16.1. The molecule has 2 atom stereocenters. The van der Waals surface area contributed by atoms with Crippen LogP contribution in [0.1, 0.15) is 40.0 Å². The molecule has 0 aliphatic rings. The number of Topliss-reactive ketones (excluding diaryl/α,β-unsaturated/α-hetero) is 1. The van der Waals surface area contributed by atoms with Crippen LogP contribution in [0.5, 0.6) is 0 Å². The van der Waals surface area contributed by atoms with E-state index in [0.717, 1.165) is 6.42 Å². The topological polar surface area (TPSA) is 17.1 Å². The summed E-state index contributed by atoms with van der Waals surface area (Å²) in [7, 11) is 0. The Labute approximate surface area is 75.9 Å². The number of hydrogen-bond donors (Lipinski definition) is 0.